The number of pyridine rings is 1. The summed E-state index contributed by atoms with van der Waals surface area (Å²) in [4.78, 5) is 33.0. The maximum Gasteiger partial charge on any atom is 0.263 e. The second-order valence-corrected chi connectivity index (χ2v) is 9.63. The summed E-state index contributed by atoms with van der Waals surface area (Å²) in [6.45, 7) is 8.28. The van der Waals surface area contributed by atoms with E-state index in [1.54, 1.807) is 25.3 Å². The van der Waals surface area contributed by atoms with Crippen molar-refractivity contribution in [2.75, 3.05) is 23.8 Å². The number of fused-ring (bicyclic) bond motifs is 1. The molecule has 3 aromatic heterocycles. The van der Waals surface area contributed by atoms with Crippen molar-refractivity contribution in [1.82, 2.24) is 30.0 Å². The van der Waals surface area contributed by atoms with Crippen LogP contribution in [0.3, 0.4) is 0 Å². The topological polar surface area (TPSA) is 142 Å². The number of hydrogen-bond donors (Lipinski definition) is 3. The largest absolute Gasteiger partial charge is 0.394 e. The average molecular weight is 515 g/mol. The highest BCUT2D eigenvalue weighted by molar-refractivity contribution is 5.99. The van der Waals surface area contributed by atoms with E-state index in [0.717, 1.165) is 12.0 Å². The molecule has 0 saturated heterocycles. The number of amides is 1. The number of anilines is 3. The van der Waals surface area contributed by atoms with Gasteiger partial charge in [0.05, 0.1) is 29.4 Å². The Hall–Kier alpha value is -4.38. The fraction of sp³-hybridized carbons (Fsp3) is 0.333. The van der Waals surface area contributed by atoms with Crippen LogP contribution in [0.15, 0.2) is 53.2 Å². The number of benzene rings is 1. The Bertz CT molecular complexity index is 1450. The molecule has 0 radical (unpaired) electrons. The zero-order chi connectivity index (χ0) is 26.9. The van der Waals surface area contributed by atoms with Crippen LogP contribution in [0, 0.1) is 6.92 Å². The summed E-state index contributed by atoms with van der Waals surface area (Å²) >= 11 is 0. The molecule has 1 aliphatic heterocycles. The van der Waals surface area contributed by atoms with Gasteiger partial charge in [0.2, 0.25) is 5.95 Å². The van der Waals surface area contributed by atoms with Crippen LogP contribution in [-0.2, 0) is 5.54 Å². The van der Waals surface area contributed by atoms with Gasteiger partial charge in [-0.2, -0.15) is 9.97 Å². The molecular weight excluding hydrogens is 484 g/mol. The van der Waals surface area contributed by atoms with Gasteiger partial charge in [0.1, 0.15) is 17.2 Å². The first-order valence-electron chi connectivity index (χ1n) is 12.5. The number of carbonyl (C=O) groups excluding carboxylic acids is 1. The lowest BCUT2D eigenvalue weighted by molar-refractivity contribution is 0.0615. The standard InChI is InChI=1S/C27H30N8O3/c1-5-13-35-25(37)18-11-12-21(31-22(18)27(35,3)4)32-26-28-14-19(24-29-16(2)34-38-24)23(33-26)30-20(15-36)17-9-7-6-8-10-17/h6-12,14,20,36H,5,13,15H2,1-4H3,(H2,28,30,31,32,33)/t20-/m1/s1. The Morgan fingerprint density at radius 2 is 1.87 bits per heavy atom. The number of aliphatic hydroxyl groups is 1. The molecule has 4 heterocycles. The highest BCUT2D eigenvalue weighted by atomic mass is 16.5. The number of nitrogens with one attached hydrogen (secondary N) is 2. The molecule has 0 fully saturated rings. The molecule has 0 spiro atoms. The van der Waals surface area contributed by atoms with Crippen LogP contribution in [-0.4, -0.2) is 54.2 Å². The van der Waals surface area contributed by atoms with Gasteiger partial charge < -0.3 is 25.2 Å². The van der Waals surface area contributed by atoms with Crippen LogP contribution < -0.4 is 10.6 Å². The summed E-state index contributed by atoms with van der Waals surface area (Å²) in [5.74, 6) is 1.91. The van der Waals surface area contributed by atoms with Crippen molar-refractivity contribution in [3.8, 4) is 11.5 Å². The molecule has 1 aromatic carbocycles. The number of hydrogen-bond acceptors (Lipinski definition) is 10. The molecule has 5 rings (SSSR count). The number of aromatic nitrogens is 5. The first kappa shape index (κ1) is 25.3. The molecule has 0 bridgehead atoms. The zero-order valence-electron chi connectivity index (χ0n) is 21.8. The van der Waals surface area contributed by atoms with E-state index in [-0.39, 0.29) is 24.4 Å². The minimum absolute atomic E-state index is 0.0104. The van der Waals surface area contributed by atoms with E-state index in [1.165, 1.54) is 0 Å². The predicted octanol–water partition coefficient (Wildman–Crippen LogP) is 4.22. The molecule has 3 N–H and O–H groups in total. The highest BCUT2D eigenvalue weighted by Crippen LogP contribution is 2.38. The predicted molar refractivity (Wildman–Crippen MR) is 142 cm³/mol. The first-order valence-corrected chi connectivity index (χ1v) is 12.5. The van der Waals surface area contributed by atoms with Gasteiger partial charge in [-0.25, -0.2) is 9.97 Å². The zero-order valence-corrected chi connectivity index (χ0v) is 21.8. The lowest BCUT2D eigenvalue weighted by Crippen LogP contribution is -2.39. The Kier molecular flexibility index (Phi) is 6.77. The second-order valence-electron chi connectivity index (χ2n) is 9.63. The Morgan fingerprint density at radius 1 is 1.08 bits per heavy atom. The van der Waals surface area contributed by atoms with Crippen LogP contribution in [0.2, 0.25) is 0 Å². The molecule has 1 aliphatic rings. The summed E-state index contributed by atoms with van der Waals surface area (Å²) in [5, 5.41) is 20.4. The maximum absolute atomic E-state index is 12.9. The molecule has 11 heteroatoms. The molecule has 1 atom stereocenters. The Balaban J connectivity index is 1.48. The summed E-state index contributed by atoms with van der Waals surface area (Å²) < 4.78 is 5.37. The number of rotatable bonds is 9. The van der Waals surface area contributed by atoms with Crippen LogP contribution in [0.1, 0.15) is 60.7 Å². The Morgan fingerprint density at radius 3 is 2.55 bits per heavy atom. The molecular formula is C27H30N8O3. The van der Waals surface area contributed by atoms with E-state index in [0.29, 0.717) is 40.8 Å². The van der Waals surface area contributed by atoms with Crippen LogP contribution in [0.5, 0.6) is 0 Å². The molecule has 38 heavy (non-hydrogen) atoms. The third-order valence-corrected chi connectivity index (χ3v) is 6.55. The Labute approximate surface area is 220 Å². The van der Waals surface area contributed by atoms with Gasteiger partial charge in [-0.05, 0) is 44.9 Å². The van der Waals surface area contributed by atoms with Crippen LogP contribution in [0.25, 0.3) is 11.5 Å². The summed E-state index contributed by atoms with van der Waals surface area (Å²) in [7, 11) is 0. The molecule has 0 aliphatic carbocycles. The quantitative estimate of drug-likeness (QED) is 0.297. The van der Waals surface area contributed by atoms with E-state index < -0.39 is 11.6 Å². The van der Waals surface area contributed by atoms with Gasteiger partial charge in [-0.3, -0.25) is 4.79 Å². The maximum atomic E-state index is 12.9. The highest BCUT2D eigenvalue weighted by Gasteiger charge is 2.43. The van der Waals surface area contributed by atoms with Gasteiger partial charge in [0, 0.05) is 12.7 Å². The monoisotopic (exact) mass is 514 g/mol. The fourth-order valence-electron chi connectivity index (χ4n) is 4.61. The molecule has 196 valence electrons. The van der Waals surface area contributed by atoms with Crippen molar-refractivity contribution < 1.29 is 14.4 Å². The van der Waals surface area contributed by atoms with Crippen molar-refractivity contribution in [2.45, 2.75) is 45.7 Å². The third-order valence-electron chi connectivity index (χ3n) is 6.55. The van der Waals surface area contributed by atoms with Crippen LogP contribution in [0.4, 0.5) is 17.6 Å². The van der Waals surface area contributed by atoms with Gasteiger partial charge in [-0.1, -0.05) is 42.4 Å². The van der Waals surface area contributed by atoms with E-state index in [9.17, 15) is 9.90 Å². The molecule has 1 amide bonds. The second kappa shape index (κ2) is 10.2. The minimum atomic E-state index is -0.530. The molecule has 11 nitrogen and oxygen atoms in total. The van der Waals surface area contributed by atoms with Crippen LogP contribution >= 0.6 is 0 Å². The van der Waals surface area contributed by atoms with Crippen molar-refractivity contribution in [3.63, 3.8) is 0 Å². The van der Waals surface area contributed by atoms with Gasteiger partial charge in [0.25, 0.3) is 11.8 Å². The molecule has 0 unspecified atom stereocenters. The van der Waals surface area contributed by atoms with Gasteiger partial charge in [-0.15, -0.1) is 0 Å². The van der Waals surface area contributed by atoms with Gasteiger partial charge >= 0.3 is 0 Å². The summed E-state index contributed by atoms with van der Waals surface area (Å²) in [6.07, 6.45) is 2.44. The van der Waals surface area contributed by atoms with E-state index in [1.807, 2.05) is 56.0 Å². The van der Waals surface area contributed by atoms with Crippen molar-refractivity contribution >= 4 is 23.5 Å². The lowest BCUT2D eigenvalue weighted by atomic mass is 9.99. The van der Waals surface area contributed by atoms with Crippen molar-refractivity contribution in [3.05, 3.63) is 71.3 Å². The van der Waals surface area contributed by atoms with E-state index in [4.69, 9.17) is 9.51 Å². The van der Waals surface area contributed by atoms with E-state index >= 15 is 0 Å². The number of carbonyl (C=O) groups is 1. The smallest absolute Gasteiger partial charge is 0.263 e. The summed E-state index contributed by atoms with van der Waals surface area (Å²) in [6, 6.07) is 12.7. The number of nitrogens with zero attached hydrogens (tertiary/aromatic N) is 6. The van der Waals surface area contributed by atoms with Gasteiger partial charge in [0.15, 0.2) is 5.82 Å². The third kappa shape index (κ3) is 4.68. The SMILES string of the molecule is CCCN1C(=O)c2ccc(Nc3ncc(-c4nc(C)no4)c(N[C@H](CO)c4ccccc4)n3)nc2C1(C)C. The molecule has 4 aromatic rings. The minimum Gasteiger partial charge on any atom is -0.394 e. The average Bonchev–Trinajstić information content (AvgIpc) is 3.43. The lowest BCUT2D eigenvalue weighted by Gasteiger charge is -2.31. The number of aryl methyl sites for hydroxylation is 1. The normalized spacial score (nSPS) is 14.9. The van der Waals surface area contributed by atoms with E-state index in [2.05, 4.69) is 30.7 Å². The van der Waals surface area contributed by atoms with Crippen molar-refractivity contribution in [2.24, 2.45) is 0 Å². The molecule has 0 saturated carbocycles. The first-order chi connectivity index (χ1) is 18.3. The number of aliphatic hydroxyl groups excluding tert-OH is 1. The summed E-state index contributed by atoms with van der Waals surface area (Å²) in [5.41, 5.74) is 2.17. The van der Waals surface area contributed by atoms with Crippen molar-refractivity contribution in [1.29, 1.82) is 0 Å². The fourth-order valence-corrected chi connectivity index (χ4v) is 4.61.